The van der Waals surface area contributed by atoms with Crippen LogP contribution in [-0.2, 0) is 13.2 Å². The van der Waals surface area contributed by atoms with Crippen LogP contribution in [0.4, 0.5) is 0 Å². The number of pyridine rings is 2. The van der Waals surface area contributed by atoms with Gasteiger partial charge in [-0.25, -0.2) is 9.97 Å². The van der Waals surface area contributed by atoms with Crippen molar-refractivity contribution in [2.24, 2.45) is 0 Å². The van der Waals surface area contributed by atoms with Crippen LogP contribution in [0.15, 0.2) is 134 Å². The van der Waals surface area contributed by atoms with Crippen LogP contribution < -0.4 is 9.47 Å². The molecule has 6 rings (SSSR count). The van der Waals surface area contributed by atoms with Crippen molar-refractivity contribution in [1.82, 2.24) is 19.9 Å². The summed E-state index contributed by atoms with van der Waals surface area (Å²) in [6, 6.07) is 39.5. The molecule has 0 aliphatic carbocycles. The van der Waals surface area contributed by atoms with Crippen LogP contribution in [0.2, 0.25) is 0 Å². The number of aromatic nitrogens is 4. The number of ether oxygens (including phenoxy) is 2. The third-order valence-corrected chi connectivity index (χ3v) is 6.41. The molecule has 0 saturated carbocycles. The fraction of sp³-hybridized carbons (Fsp3) is 0.0556. The molecule has 204 valence electrons. The quantitative estimate of drug-likeness (QED) is 0.173. The van der Waals surface area contributed by atoms with Gasteiger partial charge in [0.1, 0.15) is 30.4 Å². The summed E-state index contributed by atoms with van der Waals surface area (Å²) < 4.78 is 12.4. The van der Waals surface area contributed by atoms with E-state index in [0.29, 0.717) is 24.7 Å². The van der Waals surface area contributed by atoms with E-state index in [4.69, 9.17) is 19.4 Å². The first kappa shape index (κ1) is 26.6. The molecule has 6 heteroatoms. The first-order valence-corrected chi connectivity index (χ1v) is 13.7. The predicted octanol–water partition coefficient (Wildman–Crippen LogP) is 7.93. The summed E-state index contributed by atoms with van der Waals surface area (Å²) in [5.74, 6) is 1.97. The number of benzene rings is 3. The summed E-state index contributed by atoms with van der Waals surface area (Å²) in [6.45, 7) is 0.915. The molecule has 3 aromatic heterocycles. The Hall–Kier alpha value is -5.62. The second-order valence-electron chi connectivity index (χ2n) is 9.55. The molecule has 0 spiro atoms. The van der Waals surface area contributed by atoms with E-state index in [1.54, 1.807) is 12.4 Å². The fourth-order valence-electron chi connectivity index (χ4n) is 4.33. The number of hydrogen-bond donors (Lipinski definition) is 0. The lowest BCUT2D eigenvalue weighted by molar-refractivity contribution is 0.290. The van der Waals surface area contributed by atoms with Crippen molar-refractivity contribution in [1.29, 1.82) is 0 Å². The first-order chi connectivity index (χ1) is 20.8. The van der Waals surface area contributed by atoms with Gasteiger partial charge in [-0.3, -0.25) is 9.97 Å². The van der Waals surface area contributed by atoms with Crippen molar-refractivity contribution in [3.8, 4) is 34.4 Å². The van der Waals surface area contributed by atoms with Gasteiger partial charge in [0.25, 0.3) is 0 Å². The Morgan fingerprint density at radius 3 is 1.64 bits per heavy atom. The molecule has 0 amide bonds. The highest BCUT2D eigenvalue weighted by molar-refractivity contribution is 5.72. The van der Waals surface area contributed by atoms with Gasteiger partial charge in [0.05, 0.1) is 17.1 Å². The largest absolute Gasteiger partial charge is 0.489 e. The first-order valence-electron chi connectivity index (χ1n) is 13.7. The minimum Gasteiger partial charge on any atom is -0.489 e. The zero-order valence-electron chi connectivity index (χ0n) is 22.9. The van der Waals surface area contributed by atoms with Gasteiger partial charge in [-0.15, -0.1) is 0 Å². The maximum absolute atomic E-state index is 6.18. The van der Waals surface area contributed by atoms with Crippen molar-refractivity contribution in [2.75, 3.05) is 0 Å². The van der Waals surface area contributed by atoms with Gasteiger partial charge in [-0.1, -0.05) is 78.9 Å². The molecule has 0 radical (unpaired) electrons. The SMILES string of the molecule is C(=C\c1cc(-c2ccccn2)nc(-c2ccccn2)n1)/c1cc(OCc2ccccc2)cc(OCc2ccccc2)c1. The second kappa shape index (κ2) is 13.2. The van der Waals surface area contributed by atoms with Crippen LogP contribution in [0.3, 0.4) is 0 Å². The average molecular weight is 549 g/mol. The van der Waals surface area contributed by atoms with E-state index in [9.17, 15) is 0 Å². The fourth-order valence-corrected chi connectivity index (χ4v) is 4.33. The van der Waals surface area contributed by atoms with E-state index in [-0.39, 0.29) is 0 Å². The molecule has 0 unspecified atom stereocenters. The Morgan fingerprint density at radius 2 is 1.07 bits per heavy atom. The van der Waals surface area contributed by atoms with E-state index < -0.39 is 0 Å². The van der Waals surface area contributed by atoms with Gasteiger partial charge < -0.3 is 9.47 Å². The Bertz CT molecular complexity index is 1640. The van der Waals surface area contributed by atoms with Crippen LogP contribution in [0, 0.1) is 0 Å². The molecule has 0 bridgehead atoms. The molecule has 3 heterocycles. The van der Waals surface area contributed by atoms with E-state index in [1.165, 1.54) is 0 Å². The molecule has 6 aromatic rings. The molecule has 0 atom stereocenters. The Morgan fingerprint density at radius 1 is 0.500 bits per heavy atom. The predicted molar refractivity (Wildman–Crippen MR) is 165 cm³/mol. The molecule has 6 nitrogen and oxygen atoms in total. The maximum Gasteiger partial charge on any atom is 0.179 e. The van der Waals surface area contributed by atoms with Crippen LogP contribution in [0.1, 0.15) is 22.4 Å². The van der Waals surface area contributed by atoms with Gasteiger partial charge >= 0.3 is 0 Å². The lowest BCUT2D eigenvalue weighted by atomic mass is 10.1. The Labute approximate surface area is 245 Å². The van der Waals surface area contributed by atoms with Gasteiger partial charge in [-0.05, 0) is 65.2 Å². The van der Waals surface area contributed by atoms with Gasteiger partial charge in [0, 0.05) is 18.5 Å². The Balaban J connectivity index is 1.31. The van der Waals surface area contributed by atoms with Crippen molar-refractivity contribution in [3.05, 3.63) is 156 Å². The lowest BCUT2D eigenvalue weighted by Crippen LogP contribution is -1.99. The van der Waals surface area contributed by atoms with Gasteiger partial charge in [0.15, 0.2) is 5.82 Å². The zero-order chi connectivity index (χ0) is 28.4. The molecule has 42 heavy (non-hydrogen) atoms. The zero-order valence-corrected chi connectivity index (χ0v) is 22.9. The van der Waals surface area contributed by atoms with E-state index in [0.717, 1.165) is 45.3 Å². The lowest BCUT2D eigenvalue weighted by Gasteiger charge is -2.12. The number of hydrogen-bond acceptors (Lipinski definition) is 6. The second-order valence-corrected chi connectivity index (χ2v) is 9.55. The Kier molecular flexibility index (Phi) is 8.33. The maximum atomic E-state index is 6.18. The third kappa shape index (κ3) is 7.11. The minimum absolute atomic E-state index is 0.457. The van der Waals surface area contributed by atoms with E-state index in [1.807, 2.05) is 133 Å². The number of nitrogens with zero attached hydrogens (tertiary/aromatic N) is 4. The summed E-state index contributed by atoms with van der Waals surface area (Å²) >= 11 is 0. The molecular formula is C36H28N4O2. The summed E-state index contributed by atoms with van der Waals surface area (Å²) in [6.07, 6.45) is 7.44. The molecule has 0 N–H and O–H groups in total. The van der Waals surface area contributed by atoms with Crippen molar-refractivity contribution in [3.63, 3.8) is 0 Å². The molecular weight excluding hydrogens is 520 g/mol. The minimum atomic E-state index is 0.457. The van der Waals surface area contributed by atoms with E-state index >= 15 is 0 Å². The molecule has 0 aliphatic rings. The summed E-state index contributed by atoms with van der Waals surface area (Å²) in [5.41, 5.74) is 6.01. The highest BCUT2D eigenvalue weighted by Crippen LogP contribution is 2.27. The van der Waals surface area contributed by atoms with Crippen molar-refractivity contribution >= 4 is 12.2 Å². The van der Waals surface area contributed by atoms with Crippen molar-refractivity contribution in [2.45, 2.75) is 13.2 Å². The standard InChI is InChI=1S/C36H28N4O2/c1-3-11-27(12-4-1)25-41-31-21-29(22-32(24-31)42-26-28-13-5-2-6-14-28)17-18-30-23-35(33-15-7-9-19-37-33)40-36(39-30)34-16-8-10-20-38-34/h1-24H,25-26H2/b18-17+. The number of rotatable bonds is 10. The summed E-state index contributed by atoms with van der Waals surface area (Å²) in [4.78, 5) is 18.5. The topological polar surface area (TPSA) is 70.0 Å². The molecule has 0 fully saturated rings. The van der Waals surface area contributed by atoms with Crippen LogP contribution in [0.5, 0.6) is 11.5 Å². The van der Waals surface area contributed by atoms with Crippen LogP contribution in [-0.4, -0.2) is 19.9 Å². The summed E-state index contributed by atoms with van der Waals surface area (Å²) in [5, 5.41) is 0. The van der Waals surface area contributed by atoms with Crippen LogP contribution in [0.25, 0.3) is 35.1 Å². The summed E-state index contributed by atoms with van der Waals surface area (Å²) in [7, 11) is 0. The monoisotopic (exact) mass is 548 g/mol. The molecule has 3 aromatic carbocycles. The van der Waals surface area contributed by atoms with Crippen molar-refractivity contribution < 1.29 is 9.47 Å². The third-order valence-electron chi connectivity index (χ3n) is 6.41. The molecule has 0 aliphatic heterocycles. The average Bonchev–Trinajstić information content (AvgIpc) is 3.07. The smallest absolute Gasteiger partial charge is 0.179 e. The van der Waals surface area contributed by atoms with Crippen LogP contribution >= 0.6 is 0 Å². The van der Waals surface area contributed by atoms with Gasteiger partial charge in [-0.2, -0.15) is 0 Å². The van der Waals surface area contributed by atoms with Gasteiger partial charge in [0.2, 0.25) is 0 Å². The van der Waals surface area contributed by atoms with E-state index in [2.05, 4.69) is 9.97 Å². The highest BCUT2D eigenvalue weighted by Gasteiger charge is 2.10. The molecule has 0 saturated heterocycles. The highest BCUT2D eigenvalue weighted by atomic mass is 16.5. The normalized spacial score (nSPS) is 11.0.